The Hall–Kier alpha value is -1.05. The van der Waals surface area contributed by atoms with E-state index in [9.17, 15) is 0 Å². The van der Waals surface area contributed by atoms with Gasteiger partial charge in [0.05, 0.1) is 18.3 Å². The van der Waals surface area contributed by atoms with Crippen molar-refractivity contribution in [3.8, 4) is 0 Å². The van der Waals surface area contributed by atoms with Crippen LogP contribution in [-0.4, -0.2) is 6.04 Å². The van der Waals surface area contributed by atoms with Gasteiger partial charge in [-0.2, -0.15) is 0 Å². The molecule has 13 heavy (non-hydrogen) atoms. The van der Waals surface area contributed by atoms with Crippen LogP contribution < -0.4 is 9.88 Å². The molecule has 0 radical (unpaired) electrons. The lowest BCUT2D eigenvalue weighted by Crippen LogP contribution is -2.39. The molecule has 2 heteroatoms. The molecule has 1 aromatic rings. The molecule has 0 saturated heterocycles. The molecule has 0 amide bonds. The lowest BCUT2D eigenvalue weighted by atomic mass is 10.3. The molecule has 2 nitrogen and oxygen atoms in total. The molecule has 0 aliphatic rings. The summed E-state index contributed by atoms with van der Waals surface area (Å²) in [5.74, 6) is 1.19. The Labute approximate surface area is 80.6 Å². The minimum atomic E-state index is 0.479. The van der Waals surface area contributed by atoms with Crippen molar-refractivity contribution in [1.82, 2.24) is 0 Å². The lowest BCUT2D eigenvalue weighted by molar-refractivity contribution is -0.702. The van der Waals surface area contributed by atoms with Gasteiger partial charge in [-0.05, 0) is 33.8 Å². The second-order valence-corrected chi connectivity index (χ2v) is 3.89. The summed E-state index contributed by atoms with van der Waals surface area (Å²) in [6, 6.07) is 7.21. The molecule has 0 aromatic carbocycles. The zero-order chi connectivity index (χ0) is 9.84. The van der Waals surface area contributed by atoms with Gasteiger partial charge >= 0.3 is 0 Å². The van der Waals surface area contributed by atoms with Crippen LogP contribution in [0.4, 0.5) is 5.82 Å². The Kier molecular flexibility index (Phi) is 3.29. The highest BCUT2D eigenvalue weighted by molar-refractivity contribution is 5.28. The first kappa shape index (κ1) is 10.0. The predicted molar refractivity (Wildman–Crippen MR) is 55.8 cm³/mol. The molecule has 72 valence electrons. The van der Waals surface area contributed by atoms with Gasteiger partial charge in [0.1, 0.15) is 0 Å². The van der Waals surface area contributed by atoms with Crippen molar-refractivity contribution < 1.29 is 4.57 Å². The molecule has 0 aliphatic heterocycles. The molecule has 1 heterocycles. The summed E-state index contributed by atoms with van der Waals surface area (Å²) in [6.45, 7) is 8.67. The van der Waals surface area contributed by atoms with Crippen LogP contribution in [0.1, 0.15) is 33.7 Å². The standard InChI is InChI=1S/C11H18N2/c1-9(2)12-11-7-5-6-8-13(11)10(3)4/h5-10H,1-4H3/p+1. The van der Waals surface area contributed by atoms with E-state index in [4.69, 9.17) is 0 Å². The highest BCUT2D eigenvalue weighted by atomic mass is 15.1. The molecule has 0 saturated carbocycles. The molecule has 1 rings (SSSR count). The molecule has 0 unspecified atom stereocenters. The van der Waals surface area contributed by atoms with E-state index in [-0.39, 0.29) is 0 Å². The van der Waals surface area contributed by atoms with Crippen LogP contribution in [0, 0.1) is 0 Å². The topological polar surface area (TPSA) is 15.9 Å². The van der Waals surface area contributed by atoms with Crippen molar-refractivity contribution in [2.45, 2.75) is 39.8 Å². The predicted octanol–water partition coefficient (Wildman–Crippen LogP) is 2.38. The van der Waals surface area contributed by atoms with Crippen LogP contribution in [0.15, 0.2) is 24.4 Å². The quantitative estimate of drug-likeness (QED) is 0.704. The van der Waals surface area contributed by atoms with Crippen LogP contribution in [-0.2, 0) is 0 Å². The third-order valence-electron chi connectivity index (χ3n) is 1.88. The van der Waals surface area contributed by atoms with Crippen LogP contribution in [0.25, 0.3) is 0 Å². The summed E-state index contributed by atoms with van der Waals surface area (Å²) in [5, 5.41) is 3.42. The van der Waals surface area contributed by atoms with Gasteiger partial charge in [0.2, 0.25) is 0 Å². The van der Waals surface area contributed by atoms with Crippen molar-refractivity contribution in [2.24, 2.45) is 0 Å². The fraction of sp³-hybridized carbons (Fsp3) is 0.545. The lowest BCUT2D eigenvalue weighted by Gasteiger charge is -2.11. The van der Waals surface area contributed by atoms with Gasteiger partial charge in [-0.15, -0.1) is 0 Å². The van der Waals surface area contributed by atoms with Gasteiger partial charge in [0.15, 0.2) is 0 Å². The number of nitrogens with one attached hydrogen (secondary N) is 1. The van der Waals surface area contributed by atoms with Crippen molar-refractivity contribution in [3.05, 3.63) is 24.4 Å². The average molecular weight is 179 g/mol. The van der Waals surface area contributed by atoms with Gasteiger partial charge in [-0.3, -0.25) is 5.32 Å². The molecule has 0 fully saturated rings. The summed E-state index contributed by atoms with van der Waals surface area (Å²) in [5.41, 5.74) is 0. The van der Waals surface area contributed by atoms with Crippen molar-refractivity contribution >= 4 is 5.82 Å². The molecule has 1 aromatic heterocycles. The van der Waals surface area contributed by atoms with E-state index < -0.39 is 0 Å². The first-order valence-electron chi connectivity index (χ1n) is 4.88. The van der Waals surface area contributed by atoms with Gasteiger partial charge in [0, 0.05) is 6.07 Å². The number of nitrogens with zero attached hydrogens (tertiary/aromatic N) is 1. The van der Waals surface area contributed by atoms with Gasteiger partial charge < -0.3 is 0 Å². The zero-order valence-electron chi connectivity index (χ0n) is 8.91. The fourth-order valence-corrected chi connectivity index (χ4v) is 1.32. The maximum absolute atomic E-state index is 3.42. The average Bonchev–Trinajstić information content (AvgIpc) is 2.03. The number of anilines is 1. The van der Waals surface area contributed by atoms with E-state index in [1.165, 1.54) is 5.82 Å². The zero-order valence-corrected chi connectivity index (χ0v) is 8.91. The van der Waals surface area contributed by atoms with Crippen LogP contribution in [0.2, 0.25) is 0 Å². The maximum Gasteiger partial charge on any atom is 0.274 e. The van der Waals surface area contributed by atoms with Gasteiger partial charge in [0.25, 0.3) is 5.82 Å². The molecule has 0 bridgehead atoms. The van der Waals surface area contributed by atoms with Crippen LogP contribution in [0.5, 0.6) is 0 Å². The van der Waals surface area contributed by atoms with E-state index >= 15 is 0 Å². The summed E-state index contributed by atoms with van der Waals surface area (Å²) < 4.78 is 2.24. The molecule has 0 spiro atoms. The molecular weight excluding hydrogens is 160 g/mol. The Morgan fingerprint density at radius 1 is 1.15 bits per heavy atom. The highest BCUT2D eigenvalue weighted by Gasteiger charge is 2.11. The maximum atomic E-state index is 3.42. The molecule has 0 atom stereocenters. The summed E-state index contributed by atoms with van der Waals surface area (Å²) in [4.78, 5) is 0. The Morgan fingerprint density at radius 3 is 2.38 bits per heavy atom. The number of pyridine rings is 1. The normalized spacial score (nSPS) is 10.9. The van der Waals surface area contributed by atoms with Crippen molar-refractivity contribution in [1.29, 1.82) is 0 Å². The SMILES string of the molecule is CC(C)Nc1cccc[n+]1C(C)C. The van der Waals surface area contributed by atoms with E-state index in [1.807, 2.05) is 0 Å². The van der Waals surface area contributed by atoms with Crippen LogP contribution >= 0.6 is 0 Å². The van der Waals surface area contributed by atoms with E-state index in [1.54, 1.807) is 0 Å². The fourth-order valence-electron chi connectivity index (χ4n) is 1.32. The first-order valence-corrected chi connectivity index (χ1v) is 4.88. The smallest absolute Gasteiger partial charge is 0.272 e. The van der Waals surface area contributed by atoms with E-state index in [2.05, 4.69) is 62.0 Å². The first-order chi connectivity index (χ1) is 6.11. The van der Waals surface area contributed by atoms with E-state index in [0.717, 1.165) is 0 Å². The van der Waals surface area contributed by atoms with Crippen molar-refractivity contribution in [2.75, 3.05) is 5.32 Å². The minimum Gasteiger partial charge on any atom is -0.272 e. The van der Waals surface area contributed by atoms with Crippen molar-refractivity contribution in [3.63, 3.8) is 0 Å². The third-order valence-corrected chi connectivity index (χ3v) is 1.88. The minimum absolute atomic E-state index is 0.479. The number of hydrogen-bond acceptors (Lipinski definition) is 1. The Balaban J connectivity index is 2.91. The highest BCUT2D eigenvalue weighted by Crippen LogP contribution is 2.04. The Morgan fingerprint density at radius 2 is 1.85 bits per heavy atom. The molecular formula is C11H19N2+. The summed E-state index contributed by atoms with van der Waals surface area (Å²) in [6.07, 6.45) is 2.11. The number of rotatable bonds is 3. The largest absolute Gasteiger partial charge is 0.274 e. The molecule has 1 N–H and O–H groups in total. The number of aromatic nitrogens is 1. The monoisotopic (exact) mass is 179 g/mol. The second-order valence-electron chi connectivity index (χ2n) is 3.89. The Bertz CT molecular complexity index is 267. The number of hydrogen-bond donors (Lipinski definition) is 1. The van der Waals surface area contributed by atoms with E-state index in [0.29, 0.717) is 12.1 Å². The van der Waals surface area contributed by atoms with Crippen LogP contribution in [0.3, 0.4) is 0 Å². The summed E-state index contributed by atoms with van der Waals surface area (Å²) >= 11 is 0. The second kappa shape index (κ2) is 4.26. The summed E-state index contributed by atoms with van der Waals surface area (Å²) in [7, 11) is 0. The molecule has 0 aliphatic carbocycles. The van der Waals surface area contributed by atoms with Gasteiger partial charge in [-0.1, -0.05) is 6.07 Å². The van der Waals surface area contributed by atoms with Gasteiger partial charge in [-0.25, -0.2) is 4.57 Å². The third kappa shape index (κ3) is 2.72.